The summed E-state index contributed by atoms with van der Waals surface area (Å²) in [5, 5.41) is 10.1. The molecule has 1 aromatic rings. The van der Waals surface area contributed by atoms with Crippen LogP contribution in [0.4, 0.5) is 4.39 Å². The molecule has 1 saturated heterocycles. The quantitative estimate of drug-likeness (QED) is 0.178. The van der Waals surface area contributed by atoms with Crippen LogP contribution >= 0.6 is 23.5 Å². The van der Waals surface area contributed by atoms with Crippen LogP contribution in [0.25, 0.3) is 0 Å². The lowest BCUT2D eigenvalue weighted by Gasteiger charge is -2.32. The monoisotopic (exact) mass is 512 g/mol. The van der Waals surface area contributed by atoms with Crippen LogP contribution in [0, 0.1) is 0 Å². The Morgan fingerprint density at radius 3 is 2.39 bits per heavy atom. The first-order valence-corrected chi connectivity index (χ1v) is 12.3. The average molecular weight is 512 g/mol. The van der Waals surface area contributed by atoms with E-state index >= 15 is 0 Å². The summed E-state index contributed by atoms with van der Waals surface area (Å²) < 4.78 is 65.9. The molecule has 1 fully saturated rings. The predicted molar refractivity (Wildman–Crippen MR) is 94.9 cm³/mol. The number of aliphatic hydroxyl groups is 1. The highest BCUT2D eigenvalue weighted by atomic mass is 31.3. The second-order valence-electron chi connectivity index (χ2n) is 6.01. The molecule has 6 N–H and O–H groups in total. The summed E-state index contributed by atoms with van der Waals surface area (Å²) in [6.45, 7) is 1.80. The molecule has 176 valence electrons. The van der Waals surface area contributed by atoms with E-state index < -0.39 is 65.4 Å². The Kier molecular flexibility index (Phi) is 7.16. The fraction of sp³-hybridized carbons (Fsp3) is 0.455. The summed E-state index contributed by atoms with van der Waals surface area (Å²) >= 11 is 0. The van der Waals surface area contributed by atoms with Crippen LogP contribution in [0.2, 0.25) is 0 Å². The molecule has 0 saturated carbocycles. The van der Waals surface area contributed by atoms with E-state index in [1.165, 1.54) is 0 Å². The van der Waals surface area contributed by atoms with Crippen molar-refractivity contribution in [2.45, 2.75) is 24.1 Å². The van der Waals surface area contributed by atoms with E-state index in [0.29, 0.717) is 10.6 Å². The van der Waals surface area contributed by atoms with Crippen molar-refractivity contribution in [3.63, 3.8) is 0 Å². The number of nitrogens with one attached hydrogen (secondary N) is 1. The minimum atomic E-state index is -5.83. The van der Waals surface area contributed by atoms with Crippen molar-refractivity contribution in [1.29, 1.82) is 0 Å². The minimum absolute atomic E-state index is 0.606. The van der Waals surface area contributed by atoms with Gasteiger partial charge in [-0.15, -0.1) is 0 Å². The second-order valence-corrected chi connectivity index (χ2v) is 10.4. The Hall–Kier alpha value is -1.32. The zero-order valence-electron chi connectivity index (χ0n) is 15.0. The highest BCUT2D eigenvalue weighted by Gasteiger charge is 2.60. The van der Waals surface area contributed by atoms with Crippen LogP contribution in [-0.4, -0.2) is 52.3 Å². The predicted octanol–water partition coefficient (Wildman–Crippen LogP) is -0.618. The molecule has 0 bridgehead atoms. The van der Waals surface area contributed by atoms with Crippen LogP contribution < -0.4 is 11.2 Å². The Bertz CT molecular complexity index is 1110. The summed E-state index contributed by atoms with van der Waals surface area (Å²) in [5.41, 5.74) is -4.46. The number of aromatic nitrogens is 2. The molecule has 2 unspecified atom stereocenters. The molecule has 2 rings (SSSR count). The third-order valence-corrected chi connectivity index (χ3v) is 7.57. The third kappa shape index (κ3) is 6.35. The lowest BCUT2D eigenvalue weighted by molar-refractivity contribution is -0.191. The molecule has 1 aromatic heterocycles. The molecule has 0 radical (unpaired) electrons. The van der Waals surface area contributed by atoms with Gasteiger partial charge < -0.3 is 29.4 Å². The van der Waals surface area contributed by atoms with Crippen molar-refractivity contribution in [3.8, 4) is 0 Å². The number of alkyl halides is 1. The third-order valence-electron chi connectivity index (χ3n) is 3.79. The molecule has 16 nitrogen and oxygen atoms in total. The Morgan fingerprint density at radius 2 is 1.87 bits per heavy atom. The van der Waals surface area contributed by atoms with Gasteiger partial charge in [-0.1, -0.05) is 12.7 Å². The fourth-order valence-corrected chi connectivity index (χ4v) is 5.53. The smallest absolute Gasteiger partial charge is 0.359 e. The first kappa shape index (κ1) is 25.9. The van der Waals surface area contributed by atoms with Gasteiger partial charge in [0.15, 0.2) is 5.60 Å². The fourth-order valence-electron chi connectivity index (χ4n) is 2.48. The Labute approximate surface area is 171 Å². The Balaban J connectivity index is 2.23. The maximum atomic E-state index is 14.9. The largest absolute Gasteiger partial charge is 0.490 e. The topological polar surface area (TPSA) is 244 Å². The molecule has 2 heterocycles. The summed E-state index contributed by atoms with van der Waals surface area (Å²) in [6.07, 6.45) is -0.996. The molecule has 1 aliphatic rings. The van der Waals surface area contributed by atoms with Crippen molar-refractivity contribution in [2.24, 2.45) is 0 Å². The van der Waals surface area contributed by atoms with Crippen LogP contribution in [0.1, 0.15) is 12.6 Å². The van der Waals surface area contributed by atoms with Gasteiger partial charge in [0.2, 0.25) is 5.85 Å². The van der Waals surface area contributed by atoms with Gasteiger partial charge in [-0.25, -0.2) is 22.9 Å². The molecule has 20 heteroatoms. The molecule has 1 aliphatic heterocycles. The van der Waals surface area contributed by atoms with Crippen molar-refractivity contribution >= 4 is 23.5 Å². The number of H-pyrrole nitrogens is 1. The zero-order chi connectivity index (χ0) is 23.9. The van der Waals surface area contributed by atoms with Crippen LogP contribution in [0.3, 0.4) is 0 Å². The molecule has 5 atom stereocenters. The number of hydrogen-bond acceptors (Lipinski definition) is 10. The number of nitrogens with zero attached hydrogens (tertiary/aromatic N) is 1. The standard InChI is InChI=1S/C11H16FN2O14P3/c1-2-10(6-25-30(21,22)28-31(23,24)27-29(18,19)20)11(12,17)5-8(26-10)14-4-3-7(15)13-9(14)16/h2-4,8,17H,1,5-6H2,(H,21,22)(H,23,24)(H,13,15,16)(H2,18,19,20)/t8-,10-,11-/m1/s1. The summed E-state index contributed by atoms with van der Waals surface area (Å²) in [6, 6.07) is 0.891. The van der Waals surface area contributed by atoms with Gasteiger partial charge in [0, 0.05) is 12.3 Å². The van der Waals surface area contributed by atoms with E-state index in [2.05, 4.69) is 19.7 Å². The molecule has 0 amide bonds. The van der Waals surface area contributed by atoms with Gasteiger partial charge in [0.25, 0.3) is 5.56 Å². The van der Waals surface area contributed by atoms with Crippen LogP contribution in [-0.2, 0) is 31.6 Å². The van der Waals surface area contributed by atoms with Crippen molar-refractivity contribution in [3.05, 3.63) is 45.8 Å². The van der Waals surface area contributed by atoms with E-state index in [-0.39, 0.29) is 0 Å². The van der Waals surface area contributed by atoms with E-state index in [9.17, 15) is 37.7 Å². The van der Waals surface area contributed by atoms with Gasteiger partial charge in [-0.05, 0) is 0 Å². The van der Waals surface area contributed by atoms with E-state index in [4.69, 9.17) is 19.4 Å². The first-order valence-electron chi connectivity index (χ1n) is 7.73. The average Bonchev–Trinajstić information content (AvgIpc) is 2.80. The molecule has 0 aliphatic carbocycles. The summed E-state index contributed by atoms with van der Waals surface area (Å²) in [4.78, 5) is 60.4. The highest BCUT2D eigenvalue weighted by molar-refractivity contribution is 7.66. The van der Waals surface area contributed by atoms with Gasteiger partial charge in [0.05, 0.1) is 13.0 Å². The lowest BCUT2D eigenvalue weighted by atomic mass is 9.95. The number of hydrogen-bond donors (Lipinski definition) is 6. The van der Waals surface area contributed by atoms with Crippen molar-refractivity contribution in [2.75, 3.05) is 6.61 Å². The lowest BCUT2D eigenvalue weighted by Crippen LogP contribution is -2.49. The van der Waals surface area contributed by atoms with Crippen molar-refractivity contribution < 1.29 is 60.6 Å². The number of rotatable bonds is 9. The van der Waals surface area contributed by atoms with E-state index in [1.54, 1.807) is 0 Å². The van der Waals surface area contributed by atoms with Crippen LogP contribution in [0.5, 0.6) is 0 Å². The summed E-state index contributed by atoms with van der Waals surface area (Å²) in [5.74, 6) is -3.39. The molecule has 31 heavy (non-hydrogen) atoms. The normalized spacial score (nSPS) is 30.5. The van der Waals surface area contributed by atoms with Gasteiger partial charge in [-0.3, -0.25) is 18.9 Å². The molecular weight excluding hydrogens is 496 g/mol. The maximum absolute atomic E-state index is 14.9. The molecular formula is C11H16FN2O14P3. The number of aromatic amines is 1. The minimum Gasteiger partial charge on any atom is -0.359 e. The van der Waals surface area contributed by atoms with Gasteiger partial charge in [0.1, 0.15) is 6.23 Å². The van der Waals surface area contributed by atoms with Crippen molar-refractivity contribution in [1.82, 2.24) is 9.55 Å². The summed E-state index contributed by atoms with van der Waals surface area (Å²) in [7, 11) is -17.1. The SMILES string of the molecule is C=C[C@]1(COP(=O)(O)OP(=O)(O)OP(=O)(O)O)O[C@@H](n2ccc(=O)[nH]c2=O)C[C@]1(O)F. The zero-order valence-corrected chi connectivity index (χ0v) is 17.7. The molecule has 0 spiro atoms. The van der Waals surface area contributed by atoms with Gasteiger partial charge in [-0.2, -0.15) is 8.62 Å². The Morgan fingerprint density at radius 1 is 1.26 bits per heavy atom. The first-order chi connectivity index (χ1) is 13.9. The van der Waals surface area contributed by atoms with E-state index in [1.807, 2.05) is 4.98 Å². The second kappa shape index (κ2) is 8.56. The maximum Gasteiger partial charge on any atom is 0.490 e. The van der Waals surface area contributed by atoms with Gasteiger partial charge >= 0.3 is 29.2 Å². The number of halogens is 1. The number of phosphoric ester groups is 1. The number of phosphoric acid groups is 3. The van der Waals surface area contributed by atoms with Crippen LogP contribution in [0.15, 0.2) is 34.5 Å². The highest BCUT2D eigenvalue weighted by Crippen LogP contribution is 2.66. The molecule has 0 aromatic carbocycles. The number of ether oxygens (including phenoxy) is 1. The van der Waals surface area contributed by atoms with E-state index in [0.717, 1.165) is 12.3 Å².